The Hall–Kier alpha value is -9.23. The van der Waals surface area contributed by atoms with E-state index >= 15 is 0 Å². The molecule has 7 rings (SSSR count). The molecule has 4 heterocycles. The van der Waals surface area contributed by atoms with E-state index in [-0.39, 0.29) is 82.3 Å². The molecular weight excluding hydrogens is 1450 g/mol. The third kappa shape index (κ3) is 28.3. The lowest BCUT2D eigenvalue weighted by Crippen LogP contribution is -2.47. The topological polar surface area (TPSA) is 451 Å². The smallest absolute Gasteiger partial charge is 0.416 e. The lowest BCUT2D eigenvalue weighted by Gasteiger charge is -2.35. The highest BCUT2D eigenvalue weighted by atomic mass is 35.5. The van der Waals surface area contributed by atoms with Crippen LogP contribution in [-0.2, 0) is 44.6 Å². The van der Waals surface area contributed by atoms with Crippen molar-refractivity contribution < 1.29 is 98.3 Å². The van der Waals surface area contributed by atoms with Gasteiger partial charge in [-0.3, -0.25) is 34.4 Å². The van der Waals surface area contributed by atoms with Crippen LogP contribution in [0.2, 0.25) is 10.3 Å². The number of carbonyl (C=O) groups is 6. The number of methoxy groups -OCH3 is 2. The first-order valence-corrected chi connectivity index (χ1v) is 33.8. The van der Waals surface area contributed by atoms with E-state index in [0.717, 1.165) is 42.6 Å². The summed E-state index contributed by atoms with van der Waals surface area (Å²) in [6.07, 6.45) is -3.42. The number of anilines is 4. The summed E-state index contributed by atoms with van der Waals surface area (Å²) in [5.41, 5.74) is 3.46. The molecule has 1 aliphatic rings. The molecule has 3 aromatic carbocycles. The van der Waals surface area contributed by atoms with Crippen molar-refractivity contribution in [2.24, 2.45) is 5.73 Å². The minimum atomic E-state index is -4.61. The highest BCUT2D eigenvalue weighted by Gasteiger charge is 2.34. The number of alkyl halides is 5. The summed E-state index contributed by atoms with van der Waals surface area (Å²) >= 11 is 22.8. The second-order valence-electron chi connectivity index (χ2n) is 20.2. The van der Waals surface area contributed by atoms with Gasteiger partial charge in [-0.25, -0.2) is 24.1 Å². The normalized spacial score (nSPS) is 13.0. The predicted octanol–water partition coefficient (Wildman–Crippen LogP) is 8.95. The van der Waals surface area contributed by atoms with Crippen LogP contribution in [0.15, 0.2) is 90.1 Å². The first-order valence-electron chi connectivity index (χ1n) is 28.4. The highest BCUT2D eigenvalue weighted by molar-refractivity contribution is 7.90. The number of amides is 4. The predicted molar refractivity (Wildman–Crippen MR) is 356 cm³/mol. The van der Waals surface area contributed by atoms with Crippen molar-refractivity contribution in [2.45, 2.75) is 75.2 Å². The molecule has 0 aliphatic carbocycles. The number of fused-ring (bicyclic) bond motifs is 1. The summed E-state index contributed by atoms with van der Waals surface area (Å²) < 4.78 is 106. The summed E-state index contributed by atoms with van der Waals surface area (Å²) in [6, 6.07) is 14.8. The van der Waals surface area contributed by atoms with E-state index in [1.165, 1.54) is 71.2 Å². The molecular formula is C57H68Cl4F3N14O19PS. The number of hydrogen-bond acceptors (Lipinski definition) is 26. The SMILES string of the molecule is CC1COc2ccccc2N1C(=O)C(Cl)Cl.CCNc1nc(Cl)nc(NC(C)C)n1.CCOC(=O)COC(=O)c1cc(Oc2ccc(C(F)(F)F)cc2Cl)ccc1[N+](=O)[O-].COc1cc(OC)nc(NC(=O)NS(=O)(=O)c2ncccc2C(=O)N(C)C)n1.CP(=O)(O)CCC(N)C(=O)O. The van der Waals surface area contributed by atoms with Crippen LogP contribution in [0.25, 0.3) is 0 Å². The van der Waals surface area contributed by atoms with E-state index in [1.54, 1.807) is 9.62 Å². The van der Waals surface area contributed by atoms with Gasteiger partial charge in [0.25, 0.3) is 27.5 Å². The molecule has 4 amide bonds. The van der Waals surface area contributed by atoms with Gasteiger partial charge in [0.05, 0.1) is 59.7 Å². The fraction of sp³-hybridized carbons (Fsp3) is 0.368. The van der Waals surface area contributed by atoms with Gasteiger partial charge in [-0.2, -0.15) is 46.5 Å². The zero-order chi connectivity index (χ0) is 74.7. The van der Waals surface area contributed by atoms with Crippen molar-refractivity contribution in [3.8, 4) is 29.0 Å². The molecule has 0 bridgehead atoms. The van der Waals surface area contributed by atoms with E-state index in [0.29, 0.717) is 30.3 Å². The first-order chi connectivity index (χ1) is 46.2. The number of ether oxygens (including phenoxy) is 6. The van der Waals surface area contributed by atoms with Crippen LogP contribution < -0.4 is 50.3 Å². The maximum Gasteiger partial charge on any atom is 0.416 e. The Kier molecular flexibility index (Phi) is 33.4. The molecule has 0 saturated carbocycles. The number of esters is 2. The number of pyridine rings is 1. The summed E-state index contributed by atoms with van der Waals surface area (Å²) in [7, 11) is -1.95. The van der Waals surface area contributed by atoms with Gasteiger partial charge >= 0.3 is 30.1 Å². The molecule has 6 aromatic rings. The molecule has 3 unspecified atom stereocenters. The first kappa shape index (κ1) is 84.0. The Labute approximate surface area is 584 Å². The van der Waals surface area contributed by atoms with Gasteiger partial charge in [-0.1, -0.05) is 46.9 Å². The van der Waals surface area contributed by atoms with Crippen molar-refractivity contribution in [2.75, 3.05) is 88.4 Å². The average molecular weight is 1520 g/mol. The van der Waals surface area contributed by atoms with Crippen molar-refractivity contribution in [3.05, 3.63) is 122 Å². The number of halogens is 7. The molecule has 33 nitrogen and oxygen atoms in total. The van der Waals surface area contributed by atoms with Gasteiger partial charge in [-0.05, 0) is 101 Å². The number of nitrogens with zero attached hydrogens (tertiary/aromatic N) is 9. The van der Waals surface area contributed by atoms with Gasteiger partial charge < -0.3 is 64.6 Å². The number of rotatable bonds is 22. The van der Waals surface area contributed by atoms with Crippen LogP contribution in [0, 0.1) is 10.1 Å². The number of sulfonamides is 1. The Morgan fingerprint density at radius 2 is 1.54 bits per heavy atom. The number of aliphatic carboxylic acids is 1. The lowest BCUT2D eigenvalue weighted by molar-refractivity contribution is -0.385. The second-order valence-corrected chi connectivity index (χ2v) is 26.2. The van der Waals surface area contributed by atoms with Crippen LogP contribution in [0.3, 0.4) is 0 Å². The van der Waals surface area contributed by atoms with Crippen molar-refractivity contribution >= 4 is 129 Å². The molecule has 1 aliphatic heterocycles. The van der Waals surface area contributed by atoms with Gasteiger partial charge in [-0.15, -0.1) is 0 Å². The Bertz CT molecular complexity index is 3940. The van der Waals surface area contributed by atoms with Gasteiger partial charge in [0, 0.05) is 57.8 Å². The minimum absolute atomic E-state index is 0.0412. The molecule has 8 N–H and O–H groups in total. The highest BCUT2D eigenvalue weighted by Crippen LogP contribution is 2.39. The number of carboxylic acids is 1. The zero-order valence-corrected chi connectivity index (χ0v) is 58.8. The standard InChI is InChI=1S/C18H13ClF3NO7.C15H18N6O6S.C11H11Cl2NO2.C8H14ClN5.C5H12NO4P/c1-2-28-16(24)9-29-17(25)12-8-11(4-5-14(12)23(26)27)30-15-6-3-10(7-13(15)19)18(20,21)22;1-21(2)13(22)9-6-5-7-16-12(9)28(24,25)20-15(23)19-14-17-10(26-3)8-11(18-14)27-4;1-7-6-16-9-5-3-2-4-8(9)14(7)11(15)10(12)13;1-4-10-7-12-6(9)13-8(14-7)11-5(2)3;1-11(9,10)3-2-4(6)5(7)8/h3-8H,2,9H2,1H3;5-8H,1-4H3,(H2,17,18,19,20,23);2-5,7,10H,6H2,1H3;5H,4H2,1-3H3,(H2,10,11,12,13,14);4H,2-3,6H2,1H3,(H,7,8)(H,9,10). The maximum absolute atomic E-state index is 12.7. The average Bonchev–Trinajstić information content (AvgIpc) is 0.814. The zero-order valence-electron chi connectivity index (χ0n) is 54.1. The van der Waals surface area contributed by atoms with Crippen LogP contribution in [0.1, 0.15) is 67.3 Å². The quantitative estimate of drug-likeness (QED) is 0.0110. The van der Waals surface area contributed by atoms with Crippen molar-refractivity contribution in [1.29, 1.82) is 0 Å². The second kappa shape index (κ2) is 39.4. The van der Waals surface area contributed by atoms with Crippen LogP contribution in [-0.4, -0.2) is 184 Å². The van der Waals surface area contributed by atoms with Gasteiger partial charge in [0.2, 0.25) is 34.9 Å². The van der Waals surface area contributed by atoms with E-state index in [9.17, 15) is 65.0 Å². The van der Waals surface area contributed by atoms with Crippen LogP contribution in [0.5, 0.6) is 29.0 Å². The summed E-state index contributed by atoms with van der Waals surface area (Å²) in [6.45, 7) is 11.1. The number of para-hydroxylation sites is 2. The molecule has 3 aromatic heterocycles. The maximum atomic E-state index is 12.7. The van der Waals surface area contributed by atoms with Crippen LogP contribution >= 0.6 is 53.8 Å². The molecule has 3 atom stereocenters. The molecule has 540 valence electrons. The van der Waals surface area contributed by atoms with E-state index < -0.39 is 97.7 Å². The Morgan fingerprint density at radius 3 is 2.08 bits per heavy atom. The molecule has 42 heteroatoms. The number of urea groups is 1. The molecule has 0 spiro atoms. The third-order valence-corrected chi connectivity index (χ3v) is 14.9. The number of nitro benzene ring substituents is 1. The fourth-order valence-electron chi connectivity index (χ4n) is 7.32. The monoisotopic (exact) mass is 1510 g/mol. The Balaban J connectivity index is 0.000000339. The number of nitrogens with two attached hydrogens (primary N) is 1. The Morgan fingerprint density at radius 1 is 0.899 bits per heavy atom. The number of nitrogens with one attached hydrogen (secondary N) is 4. The van der Waals surface area contributed by atoms with Gasteiger partial charge in [0.1, 0.15) is 35.5 Å². The van der Waals surface area contributed by atoms with Crippen LogP contribution in [0.4, 0.5) is 47.2 Å². The number of carbonyl (C=O) groups excluding carboxylic acids is 5. The van der Waals surface area contributed by atoms with Gasteiger partial charge in [0.15, 0.2) is 23.8 Å². The number of benzene rings is 3. The largest absolute Gasteiger partial charge is 0.489 e. The van der Waals surface area contributed by atoms with Crippen molar-refractivity contribution in [3.63, 3.8) is 0 Å². The number of nitro groups is 1. The molecule has 0 radical (unpaired) electrons. The number of carboxylic acid groups (broad SMARTS) is 1. The number of hydrogen-bond donors (Lipinski definition) is 7. The van der Waals surface area contributed by atoms with E-state index in [4.69, 9.17) is 85.8 Å². The number of aromatic nitrogens is 6. The molecule has 99 heavy (non-hydrogen) atoms. The summed E-state index contributed by atoms with van der Waals surface area (Å²) in [4.78, 5) is 114. The summed E-state index contributed by atoms with van der Waals surface area (Å²) in [5.74, 6) is -2.79. The minimum Gasteiger partial charge on any atom is -0.489 e. The summed E-state index contributed by atoms with van der Waals surface area (Å²) in [5, 5.41) is 26.9. The molecule has 0 saturated heterocycles. The van der Waals surface area contributed by atoms with Crippen molar-refractivity contribution in [1.82, 2.24) is 39.5 Å². The lowest BCUT2D eigenvalue weighted by atomic mass is 10.1. The van der Waals surface area contributed by atoms with E-state index in [1.807, 2.05) is 52.0 Å². The fourth-order valence-corrected chi connectivity index (χ4v) is 9.70. The third-order valence-electron chi connectivity index (χ3n) is 11.7. The molecule has 0 fully saturated rings. The van der Waals surface area contributed by atoms with E-state index in [2.05, 4.69) is 50.6 Å².